The number of benzene rings is 1. The molecule has 1 fully saturated rings. The summed E-state index contributed by atoms with van der Waals surface area (Å²) in [7, 11) is -3.79. The van der Waals surface area contributed by atoms with Crippen LogP contribution in [0.5, 0.6) is 11.5 Å². The molecule has 12 heteroatoms. The number of alkyl halides is 2. The van der Waals surface area contributed by atoms with Crippen LogP contribution >= 0.6 is 0 Å². The maximum absolute atomic E-state index is 13.0. The number of aromatic nitrogens is 1. The fraction of sp³-hybridized carbons (Fsp3) is 0.455. The molecular formula is C22H27F2N3O6S. The number of hydrogen-bond acceptors (Lipinski definition) is 7. The summed E-state index contributed by atoms with van der Waals surface area (Å²) in [5.41, 5.74) is 0.866. The van der Waals surface area contributed by atoms with E-state index in [9.17, 15) is 22.0 Å². The van der Waals surface area contributed by atoms with Gasteiger partial charge in [-0.3, -0.25) is 4.79 Å². The van der Waals surface area contributed by atoms with Gasteiger partial charge in [0.2, 0.25) is 15.9 Å². The van der Waals surface area contributed by atoms with Crippen molar-refractivity contribution in [1.29, 1.82) is 0 Å². The minimum atomic E-state index is -3.79. The zero-order valence-electron chi connectivity index (χ0n) is 19.2. The predicted molar refractivity (Wildman–Crippen MR) is 119 cm³/mol. The first-order valence-corrected chi connectivity index (χ1v) is 12.2. The normalized spacial score (nSPS) is 15.6. The standard InChI is InChI=1S/C22H27F2N3O6S/c1-4-31-19-14-17(6-8-18(19)32-22(23)24)7-9-20(28)26-10-5-11-27(13-12-26)34(29,30)21-15(2)25-33-16(21)3/h6-9,14,22H,4-5,10-13H2,1-3H3/b9-7+. The van der Waals surface area contributed by atoms with Gasteiger partial charge < -0.3 is 18.9 Å². The molecule has 34 heavy (non-hydrogen) atoms. The van der Waals surface area contributed by atoms with E-state index in [1.54, 1.807) is 31.7 Å². The van der Waals surface area contributed by atoms with Gasteiger partial charge in [-0.2, -0.15) is 13.1 Å². The molecule has 1 aliphatic rings. The van der Waals surface area contributed by atoms with Gasteiger partial charge >= 0.3 is 6.61 Å². The van der Waals surface area contributed by atoms with Gasteiger partial charge in [-0.25, -0.2) is 8.42 Å². The number of rotatable bonds is 8. The summed E-state index contributed by atoms with van der Waals surface area (Å²) in [6.07, 6.45) is 3.37. The monoisotopic (exact) mass is 499 g/mol. The Morgan fingerprint density at radius 2 is 1.97 bits per heavy atom. The second-order valence-corrected chi connectivity index (χ2v) is 9.46. The molecule has 1 amide bonds. The number of carbonyl (C=O) groups excluding carboxylic acids is 1. The van der Waals surface area contributed by atoms with Gasteiger partial charge in [0.1, 0.15) is 10.6 Å². The quantitative estimate of drug-likeness (QED) is 0.514. The van der Waals surface area contributed by atoms with Gasteiger partial charge in [0.15, 0.2) is 17.3 Å². The Morgan fingerprint density at radius 1 is 1.21 bits per heavy atom. The Kier molecular flexibility index (Phi) is 8.26. The van der Waals surface area contributed by atoms with Gasteiger partial charge in [-0.1, -0.05) is 11.2 Å². The zero-order valence-corrected chi connectivity index (χ0v) is 20.0. The molecular weight excluding hydrogens is 472 g/mol. The Balaban J connectivity index is 1.68. The molecule has 0 saturated carbocycles. The maximum atomic E-state index is 13.0. The second-order valence-electron chi connectivity index (χ2n) is 7.59. The van der Waals surface area contributed by atoms with E-state index < -0.39 is 16.6 Å². The Bertz CT molecular complexity index is 1130. The van der Waals surface area contributed by atoms with Crippen molar-refractivity contribution in [3.8, 4) is 11.5 Å². The van der Waals surface area contributed by atoms with E-state index in [1.807, 2.05) is 0 Å². The molecule has 1 aromatic heterocycles. The molecule has 0 aliphatic carbocycles. The summed E-state index contributed by atoms with van der Waals surface area (Å²) in [6, 6.07) is 4.39. The predicted octanol–water partition coefficient (Wildman–Crippen LogP) is 3.23. The van der Waals surface area contributed by atoms with Crippen LogP contribution in [0.2, 0.25) is 0 Å². The summed E-state index contributed by atoms with van der Waals surface area (Å²) in [5, 5.41) is 3.73. The molecule has 1 aliphatic heterocycles. The maximum Gasteiger partial charge on any atom is 0.387 e. The van der Waals surface area contributed by atoms with Crippen LogP contribution in [-0.2, 0) is 14.8 Å². The first-order valence-electron chi connectivity index (χ1n) is 10.7. The highest BCUT2D eigenvalue weighted by molar-refractivity contribution is 7.89. The molecule has 2 heterocycles. The summed E-state index contributed by atoms with van der Waals surface area (Å²) in [5.74, 6) is -0.00348. The average molecular weight is 500 g/mol. The Morgan fingerprint density at radius 3 is 2.62 bits per heavy atom. The van der Waals surface area contributed by atoms with Crippen LogP contribution in [-0.4, -0.2) is 68.1 Å². The fourth-order valence-electron chi connectivity index (χ4n) is 3.69. The molecule has 0 spiro atoms. The van der Waals surface area contributed by atoms with E-state index in [-0.39, 0.29) is 54.3 Å². The van der Waals surface area contributed by atoms with Crippen molar-refractivity contribution < 1.29 is 36.0 Å². The average Bonchev–Trinajstić information content (AvgIpc) is 2.97. The largest absolute Gasteiger partial charge is 0.490 e. The molecule has 0 radical (unpaired) electrons. The number of carbonyl (C=O) groups is 1. The van der Waals surface area contributed by atoms with Crippen molar-refractivity contribution in [2.75, 3.05) is 32.8 Å². The van der Waals surface area contributed by atoms with Crippen LogP contribution in [0, 0.1) is 13.8 Å². The van der Waals surface area contributed by atoms with E-state index in [0.29, 0.717) is 24.2 Å². The molecule has 0 unspecified atom stereocenters. The number of halogens is 2. The molecule has 2 aromatic rings. The fourth-order valence-corrected chi connectivity index (χ4v) is 5.45. The Hall–Kier alpha value is -2.99. The highest BCUT2D eigenvalue weighted by Crippen LogP contribution is 2.30. The van der Waals surface area contributed by atoms with E-state index in [1.165, 1.54) is 28.6 Å². The van der Waals surface area contributed by atoms with Crippen LogP contribution in [0.3, 0.4) is 0 Å². The lowest BCUT2D eigenvalue weighted by Gasteiger charge is -2.21. The number of nitrogens with zero attached hydrogens (tertiary/aromatic N) is 3. The highest BCUT2D eigenvalue weighted by Gasteiger charge is 2.32. The molecule has 0 atom stereocenters. The first kappa shape index (κ1) is 25.6. The smallest absolute Gasteiger partial charge is 0.387 e. The zero-order chi connectivity index (χ0) is 24.9. The van der Waals surface area contributed by atoms with Crippen molar-refractivity contribution in [1.82, 2.24) is 14.4 Å². The number of hydrogen-bond donors (Lipinski definition) is 0. The van der Waals surface area contributed by atoms with Crippen molar-refractivity contribution in [3.63, 3.8) is 0 Å². The number of aryl methyl sites for hydroxylation is 2. The third-order valence-electron chi connectivity index (χ3n) is 5.23. The number of amides is 1. The van der Waals surface area contributed by atoms with Crippen molar-refractivity contribution >= 4 is 22.0 Å². The van der Waals surface area contributed by atoms with Crippen LogP contribution < -0.4 is 9.47 Å². The Labute approximate surface area is 197 Å². The van der Waals surface area contributed by atoms with Crippen molar-refractivity contribution in [2.45, 2.75) is 38.7 Å². The lowest BCUT2D eigenvalue weighted by Crippen LogP contribution is -2.37. The molecule has 0 N–H and O–H groups in total. The number of ether oxygens (including phenoxy) is 2. The van der Waals surface area contributed by atoms with Crippen molar-refractivity contribution in [2.24, 2.45) is 0 Å². The van der Waals surface area contributed by atoms with Crippen molar-refractivity contribution in [3.05, 3.63) is 41.3 Å². The van der Waals surface area contributed by atoms with Gasteiger partial charge in [0, 0.05) is 32.3 Å². The van der Waals surface area contributed by atoms with Gasteiger partial charge in [0.05, 0.1) is 6.61 Å². The van der Waals surface area contributed by atoms with Gasteiger partial charge in [0.25, 0.3) is 0 Å². The van der Waals surface area contributed by atoms with E-state index >= 15 is 0 Å². The topological polar surface area (TPSA) is 102 Å². The summed E-state index contributed by atoms with van der Waals surface area (Å²) in [6.45, 7) is 3.13. The molecule has 3 rings (SSSR count). The van der Waals surface area contributed by atoms with Gasteiger partial charge in [-0.05, 0) is 51.0 Å². The van der Waals surface area contributed by atoms with E-state index in [2.05, 4.69) is 9.89 Å². The lowest BCUT2D eigenvalue weighted by atomic mass is 10.2. The molecule has 1 saturated heterocycles. The third kappa shape index (κ3) is 5.92. The van der Waals surface area contributed by atoms with Gasteiger partial charge in [-0.15, -0.1) is 0 Å². The lowest BCUT2D eigenvalue weighted by molar-refractivity contribution is -0.125. The molecule has 9 nitrogen and oxygen atoms in total. The highest BCUT2D eigenvalue weighted by atomic mass is 32.2. The molecule has 1 aromatic carbocycles. The summed E-state index contributed by atoms with van der Waals surface area (Å²) < 4.78 is 67.4. The second kappa shape index (κ2) is 11.0. The first-order chi connectivity index (χ1) is 16.1. The number of sulfonamides is 1. The summed E-state index contributed by atoms with van der Waals surface area (Å²) in [4.78, 5) is 14.4. The third-order valence-corrected chi connectivity index (χ3v) is 7.38. The van der Waals surface area contributed by atoms with Crippen LogP contribution in [0.1, 0.15) is 30.4 Å². The van der Waals surface area contributed by atoms with Crippen LogP contribution in [0.4, 0.5) is 8.78 Å². The SMILES string of the molecule is CCOc1cc(/C=C/C(=O)N2CCCN(S(=O)(=O)c3c(C)noc3C)CC2)ccc1OC(F)F. The minimum Gasteiger partial charge on any atom is -0.490 e. The summed E-state index contributed by atoms with van der Waals surface area (Å²) >= 11 is 0. The molecule has 0 bridgehead atoms. The molecule has 186 valence electrons. The van der Waals surface area contributed by atoms with Crippen LogP contribution in [0.15, 0.2) is 33.7 Å². The minimum absolute atomic E-state index is 0.0662. The van der Waals surface area contributed by atoms with E-state index in [0.717, 1.165) is 0 Å². The van der Waals surface area contributed by atoms with E-state index in [4.69, 9.17) is 9.26 Å². The van der Waals surface area contributed by atoms with Crippen LogP contribution in [0.25, 0.3) is 6.08 Å².